The summed E-state index contributed by atoms with van der Waals surface area (Å²) >= 11 is 3.15. The van der Waals surface area contributed by atoms with Crippen molar-refractivity contribution in [3.63, 3.8) is 0 Å². The van der Waals surface area contributed by atoms with Gasteiger partial charge in [-0.05, 0) is 52.7 Å². The average molecular weight is 375 g/mol. The second kappa shape index (κ2) is 5.96. The minimum absolute atomic E-state index is 0.00506. The van der Waals surface area contributed by atoms with E-state index in [2.05, 4.69) is 31.1 Å². The first kappa shape index (κ1) is 15.7. The van der Waals surface area contributed by atoms with E-state index in [0.717, 1.165) is 0 Å². The Bertz CT molecular complexity index is 783. The summed E-state index contributed by atoms with van der Waals surface area (Å²) in [4.78, 5) is 3.76. The number of hydrogen-bond acceptors (Lipinski definition) is 5. The maximum atomic E-state index is 13.1. The summed E-state index contributed by atoms with van der Waals surface area (Å²) in [7, 11) is -3.92. The van der Waals surface area contributed by atoms with Gasteiger partial charge in [-0.15, -0.1) is 0 Å². The van der Waals surface area contributed by atoms with Crippen molar-refractivity contribution in [3.8, 4) is 0 Å². The van der Waals surface area contributed by atoms with Crippen LogP contribution in [0.15, 0.2) is 39.8 Å². The molecule has 1 aromatic carbocycles. The van der Waals surface area contributed by atoms with E-state index in [1.807, 2.05) is 0 Å². The monoisotopic (exact) mass is 374 g/mol. The third-order valence-electron chi connectivity index (χ3n) is 2.68. The lowest BCUT2D eigenvalue weighted by molar-refractivity contribution is 0.600. The highest BCUT2D eigenvalue weighted by atomic mass is 79.9. The molecular formula is C12H12BrFN4O2S. The molecule has 2 rings (SSSR count). The van der Waals surface area contributed by atoms with Crippen LogP contribution in [-0.2, 0) is 10.0 Å². The zero-order valence-electron chi connectivity index (χ0n) is 10.9. The maximum Gasteiger partial charge on any atom is 0.265 e. The van der Waals surface area contributed by atoms with Crippen molar-refractivity contribution >= 4 is 37.5 Å². The normalized spacial score (nSPS) is 11.2. The number of anilines is 2. The number of pyridine rings is 1. The van der Waals surface area contributed by atoms with Gasteiger partial charge in [0.25, 0.3) is 10.0 Å². The standard InChI is InChI=1S/C12H12BrFN4O2S/c1-7-4-9(14)2-3-10(7)18-21(19,20)11-5-8(13)6-16-12(11)17-15/h2-6,18H,15H2,1H3,(H,16,17). The van der Waals surface area contributed by atoms with Crippen molar-refractivity contribution in [1.82, 2.24) is 4.98 Å². The van der Waals surface area contributed by atoms with Crippen molar-refractivity contribution in [2.45, 2.75) is 11.8 Å². The largest absolute Gasteiger partial charge is 0.307 e. The summed E-state index contributed by atoms with van der Waals surface area (Å²) in [6, 6.07) is 5.12. The Morgan fingerprint density at radius 2 is 2.05 bits per heavy atom. The molecule has 2 aromatic rings. The molecule has 112 valence electrons. The zero-order chi connectivity index (χ0) is 15.6. The number of rotatable bonds is 4. The fourth-order valence-electron chi connectivity index (χ4n) is 1.68. The van der Waals surface area contributed by atoms with Gasteiger partial charge >= 0.3 is 0 Å². The molecule has 0 fully saturated rings. The van der Waals surface area contributed by atoms with Crippen LogP contribution in [0.25, 0.3) is 0 Å². The van der Waals surface area contributed by atoms with Crippen LogP contribution >= 0.6 is 15.9 Å². The number of nitrogens with two attached hydrogens (primary N) is 1. The molecule has 0 unspecified atom stereocenters. The Morgan fingerprint density at radius 3 is 2.67 bits per heavy atom. The molecular weight excluding hydrogens is 363 g/mol. The van der Waals surface area contributed by atoms with Gasteiger partial charge in [-0.25, -0.2) is 23.6 Å². The number of aromatic nitrogens is 1. The lowest BCUT2D eigenvalue weighted by Crippen LogP contribution is -2.19. The van der Waals surface area contributed by atoms with Crippen LogP contribution in [0.5, 0.6) is 0 Å². The molecule has 0 atom stereocenters. The fraction of sp³-hybridized carbons (Fsp3) is 0.0833. The van der Waals surface area contributed by atoms with Crippen molar-refractivity contribution in [2.75, 3.05) is 10.1 Å². The quantitative estimate of drug-likeness (QED) is 0.563. The van der Waals surface area contributed by atoms with Gasteiger partial charge in [0.15, 0.2) is 5.82 Å². The summed E-state index contributed by atoms with van der Waals surface area (Å²) in [6.07, 6.45) is 1.41. The molecule has 0 bridgehead atoms. The smallest absolute Gasteiger partial charge is 0.265 e. The van der Waals surface area contributed by atoms with Gasteiger partial charge < -0.3 is 5.43 Å². The first-order valence-corrected chi connectivity index (χ1v) is 8.02. The summed E-state index contributed by atoms with van der Waals surface area (Å²) in [5.74, 6) is 4.84. The summed E-state index contributed by atoms with van der Waals surface area (Å²) in [5, 5.41) is 0. The van der Waals surface area contributed by atoms with Gasteiger partial charge in [0.2, 0.25) is 0 Å². The number of nitrogens with one attached hydrogen (secondary N) is 2. The van der Waals surface area contributed by atoms with Crippen LogP contribution in [0.4, 0.5) is 15.9 Å². The molecule has 4 N–H and O–H groups in total. The highest BCUT2D eigenvalue weighted by molar-refractivity contribution is 9.10. The Labute approximate surface area is 129 Å². The fourth-order valence-corrected chi connectivity index (χ4v) is 3.43. The van der Waals surface area contributed by atoms with E-state index in [4.69, 9.17) is 5.84 Å². The third-order valence-corrected chi connectivity index (χ3v) is 4.49. The van der Waals surface area contributed by atoms with E-state index < -0.39 is 15.8 Å². The first-order valence-electron chi connectivity index (χ1n) is 5.74. The number of hydrogen-bond donors (Lipinski definition) is 3. The van der Waals surface area contributed by atoms with E-state index in [9.17, 15) is 12.8 Å². The molecule has 21 heavy (non-hydrogen) atoms. The van der Waals surface area contributed by atoms with Crippen LogP contribution in [0.2, 0.25) is 0 Å². The van der Waals surface area contributed by atoms with E-state index >= 15 is 0 Å². The van der Waals surface area contributed by atoms with Crippen molar-refractivity contribution in [2.24, 2.45) is 5.84 Å². The topological polar surface area (TPSA) is 97.1 Å². The molecule has 0 saturated heterocycles. The molecule has 0 aliphatic rings. The van der Waals surface area contributed by atoms with Gasteiger partial charge in [0.05, 0.1) is 5.69 Å². The van der Waals surface area contributed by atoms with E-state index in [0.29, 0.717) is 10.0 Å². The number of hydrazine groups is 1. The van der Waals surface area contributed by atoms with Crippen LogP contribution in [0.1, 0.15) is 5.56 Å². The number of nitrogen functional groups attached to an aromatic ring is 1. The first-order chi connectivity index (χ1) is 9.83. The van der Waals surface area contributed by atoms with Crippen molar-refractivity contribution < 1.29 is 12.8 Å². The lowest BCUT2D eigenvalue weighted by Gasteiger charge is -2.13. The molecule has 1 heterocycles. The Kier molecular flexibility index (Phi) is 4.45. The molecule has 0 aliphatic carbocycles. The van der Waals surface area contributed by atoms with Crippen LogP contribution < -0.4 is 16.0 Å². The molecule has 0 spiro atoms. The van der Waals surface area contributed by atoms with Gasteiger partial charge in [0.1, 0.15) is 10.7 Å². The van der Waals surface area contributed by atoms with Gasteiger partial charge in [-0.3, -0.25) is 4.72 Å². The molecule has 0 saturated carbocycles. The summed E-state index contributed by atoms with van der Waals surface area (Å²) in [5.41, 5.74) is 2.97. The van der Waals surface area contributed by atoms with Crippen molar-refractivity contribution in [1.29, 1.82) is 0 Å². The number of nitrogens with zero attached hydrogens (tertiary/aromatic N) is 1. The highest BCUT2D eigenvalue weighted by Gasteiger charge is 2.21. The Morgan fingerprint density at radius 1 is 1.33 bits per heavy atom. The third kappa shape index (κ3) is 3.49. The second-order valence-electron chi connectivity index (χ2n) is 4.21. The average Bonchev–Trinajstić information content (AvgIpc) is 2.42. The van der Waals surface area contributed by atoms with Crippen LogP contribution in [-0.4, -0.2) is 13.4 Å². The molecule has 9 heteroatoms. The summed E-state index contributed by atoms with van der Waals surface area (Å²) in [6.45, 7) is 1.60. The van der Waals surface area contributed by atoms with E-state index in [-0.39, 0.29) is 16.4 Å². The predicted molar refractivity (Wildman–Crippen MR) is 81.7 cm³/mol. The number of aryl methyl sites for hydroxylation is 1. The van der Waals surface area contributed by atoms with E-state index in [1.165, 1.54) is 30.5 Å². The zero-order valence-corrected chi connectivity index (χ0v) is 13.3. The molecule has 1 aromatic heterocycles. The predicted octanol–water partition coefficient (Wildman–Crippen LogP) is 2.38. The minimum Gasteiger partial charge on any atom is -0.307 e. The minimum atomic E-state index is -3.92. The van der Waals surface area contributed by atoms with Crippen molar-refractivity contribution in [3.05, 3.63) is 46.3 Å². The van der Waals surface area contributed by atoms with Crippen LogP contribution in [0, 0.1) is 12.7 Å². The van der Waals surface area contributed by atoms with Crippen LogP contribution in [0.3, 0.4) is 0 Å². The molecule has 0 amide bonds. The molecule has 6 nitrogen and oxygen atoms in total. The number of sulfonamides is 1. The van der Waals surface area contributed by atoms with Gasteiger partial charge in [-0.1, -0.05) is 0 Å². The van der Waals surface area contributed by atoms with Gasteiger partial charge in [-0.2, -0.15) is 0 Å². The second-order valence-corrected chi connectivity index (χ2v) is 6.78. The lowest BCUT2D eigenvalue weighted by atomic mass is 10.2. The van der Waals surface area contributed by atoms with Gasteiger partial charge in [0, 0.05) is 10.7 Å². The molecule has 0 radical (unpaired) electrons. The van der Waals surface area contributed by atoms with E-state index in [1.54, 1.807) is 6.92 Å². The number of benzene rings is 1. The summed E-state index contributed by atoms with van der Waals surface area (Å²) < 4.78 is 40.7. The number of halogens is 2. The molecule has 0 aliphatic heterocycles. The highest BCUT2D eigenvalue weighted by Crippen LogP contribution is 2.26. The SMILES string of the molecule is Cc1cc(F)ccc1NS(=O)(=O)c1cc(Br)cnc1NN. The Balaban J connectivity index is 2.45. The maximum absolute atomic E-state index is 13.1. The Hall–Kier alpha value is -1.71.